The summed E-state index contributed by atoms with van der Waals surface area (Å²) in [6, 6.07) is 7.82. The van der Waals surface area contributed by atoms with Crippen molar-refractivity contribution in [2.75, 3.05) is 0 Å². The van der Waals surface area contributed by atoms with E-state index in [1.54, 1.807) is 18.2 Å². The van der Waals surface area contributed by atoms with Crippen LogP contribution < -0.4 is 4.74 Å². The zero-order valence-corrected chi connectivity index (χ0v) is 8.20. The van der Waals surface area contributed by atoms with Crippen molar-refractivity contribution in [1.82, 2.24) is 5.16 Å². The number of nitro benzene ring substituents is 1. The van der Waals surface area contributed by atoms with Gasteiger partial charge in [0.05, 0.1) is 4.92 Å². The third-order valence-corrected chi connectivity index (χ3v) is 1.93. The Morgan fingerprint density at radius 2 is 2.19 bits per heavy atom. The summed E-state index contributed by atoms with van der Waals surface area (Å²) < 4.78 is 9.90. The number of para-hydroxylation sites is 2. The van der Waals surface area contributed by atoms with E-state index in [0.717, 1.165) is 0 Å². The first-order valence-electron chi connectivity index (χ1n) is 4.53. The van der Waals surface area contributed by atoms with Gasteiger partial charge in [-0.1, -0.05) is 17.3 Å². The number of hydrogen-bond acceptors (Lipinski definition) is 5. The average Bonchev–Trinajstić information content (AvgIpc) is 2.79. The lowest BCUT2D eigenvalue weighted by Crippen LogP contribution is -1.98. The molecule has 0 amide bonds. The number of benzene rings is 1. The van der Waals surface area contributed by atoms with E-state index in [4.69, 9.17) is 4.74 Å². The van der Waals surface area contributed by atoms with Gasteiger partial charge in [-0.3, -0.25) is 10.1 Å². The lowest BCUT2D eigenvalue weighted by Gasteiger charge is -2.03. The van der Waals surface area contributed by atoms with Crippen molar-refractivity contribution in [2.45, 2.75) is 6.61 Å². The van der Waals surface area contributed by atoms with Gasteiger partial charge in [0.2, 0.25) is 0 Å². The molecule has 0 atom stereocenters. The van der Waals surface area contributed by atoms with Crippen molar-refractivity contribution < 1.29 is 14.2 Å². The SMILES string of the molecule is O=[N+]([O-])c1ccccc1OCc1ccon1. The Morgan fingerprint density at radius 1 is 1.38 bits per heavy atom. The van der Waals surface area contributed by atoms with Crippen molar-refractivity contribution in [1.29, 1.82) is 0 Å². The first-order valence-corrected chi connectivity index (χ1v) is 4.53. The van der Waals surface area contributed by atoms with E-state index in [0.29, 0.717) is 5.69 Å². The maximum absolute atomic E-state index is 10.7. The molecule has 0 aliphatic heterocycles. The first-order chi connectivity index (χ1) is 7.77. The van der Waals surface area contributed by atoms with Crippen LogP contribution >= 0.6 is 0 Å². The fourth-order valence-corrected chi connectivity index (χ4v) is 1.19. The number of ether oxygens (including phenoxy) is 1. The van der Waals surface area contributed by atoms with Gasteiger partial charge in [-0.2, -0.15) is 0 Å². The van der Waals surface area contributed by atoms with Crippen molar-refractivity contribution in [2.24, 2.45) is 0 Å². The minimum Gasteiger partial charge on any atom is -0.480 e. The Morgan fingerprint density at radius 3 is 2.88 bits per heavy atom. The molecular formula is C10H8N2O4. The third kappa shape index (κ3) is 2.17. The van der Waals surface area contributed by atoms with Crippen LogP contribution in [0.1, 0.15) is 5.69 Å². The van der Waals surface area contributed by atoms with Crippen molar-refractivity contribution in [3.05, 3.63) is 52.4 Å². The Bertz CT molecular complexity index is 481. The molecule has 0 N–H and O–H groups in total. The minimum atomic E-state index is -0.488. The average molecular weight is 220 g/mol. The van der Waals surface area contributed by atoms with Crippen LogP contribution in [0.25, 0.3) is 0 Å². The van der Waals surface area contributed by atoms with E-state index in [2.05, 4.69) is 9.68 Å². The van der Waals surface area contributed by atoms with E-state index < -0.39 is 4.92 Å². The van der Waals surface area contributed by atoms with Crippen molar-refractivity contribution in [3.8, 4) is 5.75 Å². The van der Waals surface area contributed by atoms with Crippen molar-refractivity contribution >= 4 is 5.69 Å². The van der Waals surface area contributed by atoms with E-state index in [9.17, 15) is 10.1 Å². The summed E-state index contributed by atoms with van der Waals surface area (Å²) in [6.07, 6.45) is 1.41. The summed E-state index contributed by atoms with van der Waals surface area (Å²) in [7, 11) is 0. The first kappa shape index (κ1) is 10.2. The number of nitro groups is 1. The molecule has 1 aromatic carbocycles. The lowest BCUT2D eigenvalue weighted by molar-refractivity contribution is -0.385. The molecule has 6 heteroatoms. The molecule has 0 bridgehead atoms. The zero-order valence-electron chi connectivity index (χ0n) is 8.20. The highest BCUT2D eigenvalue weighted by atomic mass is 16.6. The molecule has 2 rings (SSSR count). The molecule has 82 valence electrons. The lowest BCUT2D eigenvalue weighted by atomic mass is 10.3. The standard InChI is InChI=1S/C10H8N2O4/c13-12(14)9-3-1-2-4-10(9)15-7-8-5-6-16-11-8/h1-6H,7H2. The van der Waals surface area contributed by atoms with Gasteiger partial charge >= 0.3 is 5.69 Å². The fraction of sp³-hybridized carbons (Fsp3) is 0.100. The monoisotopic (exact) mass is 220 g/mol. The molecule has 16 heavy (non-hydrogen) atoms. The van der Waals surface area contributed by atoms with Gasteiger partial charge in [-0.25, -0.2) is 0 Å². The van der Waals surface area contributed by atoms with Gasteiger partial charge in [0.25, 0.3) is 0 Å². The van der Waals surface area contributed by atoms with Crippen LogP contribution in [0.5, 0.6) is 5.75 Å². The van der Waals surface area contributed by atoms with Crippen LogP contribution in [0.4, 0.5) is 5.69 Å². The quantitative estimate of drug-likeness (QED) is 0.582. The van der Waals surface area contributed by atoms with E-state index in [1.807, 2.05) is 0 Å². The second kappa shape index (κ2) is 4.43. The largest absolute Gasteiger partial charge is 0.480 e. The normalized spacial score (nSPS) is 10.0. The second-order valence-corrected chi connectivity index (χ2v) is 3.00. The maximum Gasteiger partial charge on any atom is 0.310 e. The molecule has 0 fully saturated rings. The predicted molar refractivity (Wildman–Crippen MR) is 53.9 cm³/mol. The Labute approximate surface area is 90.6 Å². The van der Waals surface area contributed by atoms with Gasteiger partial charge in [-0.05, 0) is 6.07 Å². The zero-order chi connectivity index (χ0) is 11.4. The van der Waals surface area contributed by atoms with Gasteiger partial charge in [0.1, 0.15) is 18.6 Å². The van der Waals surface area contributed by atoms with Crippen LogP contribution in [0.3, 0.4) is 0 Å². The van der Waals surface area contributed by atoms with E-state index in [1.165, 1.54) is 18.4 Å². The summed E-state index contributed by atoms with van der Waals surface area (Å²) in [5.74, 6) is 0.218. The summed E-state index contributed by atoms with van der Waals surface area (Å²) in [5.41, 5.74) is 0.518. The van der Waals surface area contributed by atoms with Gasteiger partial charge in [0, 0.05) is 12.1 Å². The van der Waals surface area contributed by atoms with Gasteiger partial charge in [0.15, 0.2) is 5.75 Å². The fourth-order valence-electron chi connectivity index (χ4n) is 1.19. The Balaban J connectivity index is 2.12. The molecule has 0 radical (unpaired) electrons. The molecular weight excluding hydrogens is 212 g/mol. The summed E-state index contributed by atoms with van der Waals surface area (Å²) in [4.78, 5) is 10.2. The number of nitrogens with zero attached hydrogens (tertiary/aromatic N) is 2. The highest BCUT2D eigenvalue weighted by Crippen LogP contribution is 2.26. The summed E-state index contributed by atoms with van der Waals surface area (Å²) in [5, 5.41) is 14.3. The number of rotatable bonds is 4. The summed E-state index contributed by atoms with van der Waals surface area (Å²) >= 11 is 0. The van der Waals surface area contributed by atoms with Crippen molar-refractivity contribution in [3.63, 3.8) is 0 Å². The molecule has 0 spiro atoms. The van der Waals surface area contributed by atoms with Crippen LogP contribution in [0.15, 0.2) is 41.1 Å². The molecule has 2 aromatic rings. The Kier molecular flexibility index (Phi) is 2.81. The second-order valence-electron chi connectivity index (χ2n) is 3.00. The van der Waals surface area contributed by atoms with E-state index >= 15 is 0 Å². The maximum atomic E-state index is 10.7. The highest BCUT2D eigenvalue weighted by Gasteiger charge is 2.13. The predicted octanol–water partition coefficient (Wildman–Crippen LogP) is 2.16. The number of aromatic nitrogens is 1. The topological polar surface area (TPSA) is 78.4 Å². The van der Waals surface area contributed by atoms with Gasteiger partial charge in [-0.15, -0.1) is 0 Å². The van der Waals surface area contributed by atoms with Gasteiger partial charge < -0.3 is 9.26 Å². The number of hydrogen-bond donors (Lipinski definition) is 0. The molecule has 6 nitrogen and oxygen atoms in total. The molecule has 0 aliphatic carbocycles. The van der Waals surface area contributed by atoms with Crippen LogP contribution in [-0.4, -0.2) is 10.1 Å². The van der Waals surface area contributed by atoms with Crippen LogP contribution in [-0.2, 0) is 6.61 Å². The molecule has 0 saturated heterocycles. The molecule has 1 heterocycles. The summed E-state index contributed by atoms with van der Waals surface area (Å²) in [6.45, 7) is 0.140. The van der Waals surface area contributed by atoms with Crippen LogP contribution in [0, 0.1) is 10.1 Å². The minimum absolute atomic E-state index is 0.0639. The van der Waals surface area contributed by atoms with Crippen LogP contribution in [0.2, 0.25) is 0 Å². The molecule has 0 saturated carbocycles. The molecule has 0 aliphatic rings. The smallest absolute Gasteiger partial charge is 0.310 e. The molecule has 0 unspecified atom stereocenters. The third-order valence-electron chi connectivity index (χ3n) is 1.93. The highest BCUT2D eigenvalue weighted by molar-refractivity contribution is 5.45. The van der Waals surface area contributed by atoms with E-state index in [-0.39, 0.29) is 18.0 Å². The Hall–Kier alpha value is -2.37. The molecule has 1 aromatic heterocycles.